The monoisotopic (exact) mass is 364 g/mol. The van der Waals surface area contributed by atoms with Crippen LogP contribution in [0.3, 0.4) is 0 Å². The Morgan fingerprint density at radius 1 is 1.27 bits per heavy atom. The molecule has 0 aromatic heterocycles. The maximum Gasteiger partial charge on any atom is 0.325 e. The molecule has 1 aromatic carbocycles. The van der Waals surface area contributed by atoms with E-state index >= 15 is 0 Å². The average Bonchev–Trinajstić information content (AvgIpc) is 2.62. The molecule has 0 amide bonds. The molecule has 1 N–H and O–H groups in total. The van der Waals surface area contributed by atoms with Crippen molar-refractivity contribution in [2.45, 2.75) is 39.3 Å². The van der Waals surface area contributed by atoms with Crippen LogP contribution in [0.4, 0.5) is 0 Å². The zero-order valence-electron chi connectivity index (χ0n) is 16.2. The normalized spacial score (nSPS) is 16.8. The van der Waals surface area contributed by atoms with Crippen LogP contribution in [0.1, 0.15) is 38.8 Å². The lowest BCUT2D eigenvalue weighted by Crippen LogP contribution is -2.39. The number of hydrogen-bond acceptors (Lipinski definition) is 5. The minimum Gasteiger partial charge on any atom is -0.491 e. The zero-order valence-corrected chi connectivity index (χ0v) is 16.2. The van der Waals surface area contributed by atoms with Crippen molar-refractivity contribution in [3.8, 4) is 5.75 Å². The number of carboxylic acids is 1. The first-order chi connectivity index (χ1) is 12.5. The van der Waals surface area contributed by atoms with E-state index in [0.717, 1.165) is 57.1 Å². The number of nitrogens with zero attached hydrogens (tertiary/aromatic N) is 2. The van der Waals surface area contributed by atoms with Crippen LogP contribution in [-0.2, 0) is 9.53 Å². The fraction of sp³-hybridized carbons (Fsp3) is 0.650. The highest BCUT2D eigenvalue weighted by molar-refractivity contribution is 5.75. The van der Waals surface area contributed by atoms with Gasteiger partial charge in [-0.15, -0.1) is 0 Å². The summed E-state index contributed by atoms with van der Waals surface area (Å²) >= 11 is 0. The maximum absolute atomic E-state index is 11.9. The summed E-state index contributed by atoms with van der Waals surface area (Å²) in [4.78, 5) is 16.3. The third-order valence-electron chi connectivity index (χ3n) is 4.60. The molecule has 1 aromatic rings. The molecule has 1 saturated heterocycles. The highest BCUT2D eigenvalue weighted by atomic mass is 16.5. The third-order valence-corrected chi connectivity index (χ3v) is 4.60. The number of aliphatic carboxylic acids is 1. The molecule has 1 atom stereocenters. The number of carboxylic acid groups (broad SMARTS) is 1. The number of rotatable bonds is 10. The number of hydrogen-bond donors (Lipinski definition) is 1. The quantitative estimate of drug-likeness (QED) is 0.689. The van der Waals surface area contributed by atoms with Crippen molar-refractivity contribution >= 4 is 5.97 Å². The molecule has 0 unspecified atom stereocenters. The first kappa shape index (κ1) is 20.7. The fourth-order valence-electron chi connectivity index (χ4n) is 3.30. The summed E-state index contributed by atoms with van der Waals surface area (Å²) in [6.45, 7) is 11.9. The second kappa shape index (κ2) is 10.5. The van der Waals surface area contributed by atoms with Crippen LogP contribution in [0.25, 0.3) is 0 Å². The predicted octanol–water partition coefficient (Wildman–Crippen LogP) is 2.64. The van der Waals surface area contributed by atoms with Crippen LogP contribution in [-0.4, -0.2) is 72.9 Å². The van der Waals surface area contributed by atoms with Gasteiger partial charge in [-0.25, -0.2) is 0 Å². The Morgan fingerprint density at radius 3 is 2.46 bits per heavy atom. The van der Waals surface area contributed by atoms with E-state index in [4.69, 9.17) is 9.47 Å². The molecule has 1 aliphatic rings. The van der Waals surface area contributed by atoms with Crippen molar-refractivity contribution in [1.29, 1.82) is 0 Å². The third kappa shape index (κ3) is 6.27. The average molecular weight is 364 g/mol. The van der Waals surface area contributed by atoms with Crippen molar-refractivity contribution in [3.05, 3.63) is 29.8 Å². The molecule has 0 spiro atoms. The molecule has 6 heteroatoms. The lowest BCUT2D eigenvalue weighted by molar-refractivity contribution is -0.143. The van der Waals surface area contributed by atoms with E-state index in [-0.39, 0.29) is 6.10 Å². The Hall–Kier alpha value is -1.63. The molecule has 146 valence electrons. The van der Waals surface area contributed by atoms with Gasteiger partial charge in [0.1, 0.15) is 11.8 Å². The largest absolute Gasteiger partial charge is 0.491 e. The van der Waals surface area contributed by atoms with E-state index in [9.17, 15) is 9.90 Å². The lowest BCUT2D eigenvalue weighted by atomic mass is 10.0. The summed E-state index contributed by atoms with van der Waals surface area (Å²) in [7, 11) is 0. The van der Waals surface area contributed by atoms with Gasteiger partial charge < -0.3 is 14.6 Å². The van der Waals surface area contributed by atoms with Crippen LogP contribution in [0.2, 0.25) is 0 Å². The summed E-state index contributed by atoms with van der Waals surface area (Å²) in [6, 6.07) is 6.81. The summed E-state index contributed by atoms with van der Waals surface area (Å²) < 4.78 is 11.0. The van der Waals surface area contributed by atoms with Gasteiger partial charge in [-0.1, -0.05) is 19.1 Å². The summed E-state index contributed by atoms with van der Waals surface area (Å²) in [5, 5.41) is 9.79. The van der Waals surface area contributed by atoms with Crippen molar-refractivity contribution in [3.63, 3.8) is 0 Å². The molecule has 1 fully saturated rings. The van der Waals surface area contributed by atoms with Crippen LogP contribution in [0.15, 0.2) is 24.3 Å². The molecule has 1 aliphatic heterocycles. The van der Waals surface area contributed by atoms with Gasteiger partial charge in [-0.3, -0.25) is 14.6 Å². The molecule has 2 rings (SSSR count). The van der Waals surface area contributed by atoms with Gasteiger partial charge in [-0.05, 0) is 51.1 Å². The van der Waals surface area contributed by atoms with E-state index in [1.54, 1.807) is 0 Å². The summed E-state index contributed by atoms with van der Waals surface area (Å²) in [5.74, 6) is -0.0426. The van der Waals surface area contributed by atoms with Crippen LogP contribution in [0, 0.1) is 0 Å². The van der Waals surface area contributed by atoms with E-state index in [1.165, 1.54) is 0 Å². The molecule has 6 nitrogen and oxygen atoms in total. The smallest absolute Gasteiger partial charge is 0.325 e. The van der Waals surface area contributed by atoms with Crippen LogP contribution < -0.4 is 4.74 Å². The van der Waals surface area contributed by atoms with Gasteiger partial charge >= 0.3 is 5.97 Å². The maximum atomic E-state index is 11.9. The number of likely N-dealkylation sites (N-methyl/N-ethyl adjacent to an activating group) is 1. The second-order valence-electron chi connectivity index (χ2n) is 6.91. The first-order valence-electron chi connectivity index (χ1n) is 9.54. The van der Waals surface area contributed by atoms with Crippen molar-refractivity contribution < 1.29 is 19.4 Å². The Labute approximate surface area is 156 Å². The Balaban J connectivity index is 1.97. The van der Waals surface area contributed by atoms with Crippen LogP contribution >= 0.6 is 0 Å². The zero-order chi connectivity index (χ0) is 18.9. The van der Waals surface area contributed by atoms with E-state index < -0.39 is 12.0 Å². The minimum absolute atomic E-state index is 0.100. The molecule has 0 saturated carbocycles. The molecule has 0 radical (unpaired) electrons. The summed E-state index contributed by atoms with van der Waals surface area (Å²) in [6.07, 6.45) is 1.05. The predicted molar refractivity (Wildman–Crippen MR) is 102 cm³/mol. The van der Waals surface area contributed by atoms with Gasteiger partial charge in [0.05, 0.1) is 19.3 Å². The molecular weight excluding hydrogens is 332 g/mol. The highest BCUT2D eigenvalue weighted by Gasteiger charge is 2.26. The Morgan fingerprint density at radius 2 is 1.92 bits per heavy atom. The highest BCUT2D eigenvalue weighted by Crippen LogP contribution is 2.24. The number of morpholine rings is 1. The molecule has 0 aliphatic carbocycles. The number of ether oxygens (including phenoxy) is 2. The standard InChI is InChI=1S/C20H32N2O4/c1-4-22(11-5-10-21-12-14-25-15-13-21)19(20(23)24)17-6-8-18(9-7-17)26-16(2)3/h6-9,16,19H,4-5,10-15H2,1-3H3,(H,23,24)/t19-/m1/s1. The van der Waals surface area contributed by atoms with Crippen molar-refractivity contribution in [2.24, 2.45) is 0 Å². The van der Waals surface area contributed by atoms with E-state index in [1.807, 2.05) is 49.9 Å². The van der Waals surface area contributed by atoms with E-state index in [2.05, 4.69) is 4.90 Å². The second-order valence-corrected chi connectivity index (χ2v) is 6.91. The molecule has 0 bridgehead atoms. The summed E-state index contributed by atoms with van der Waals surface area (Å²) in [5.41, 5.74) is 0.793. The SMILES string of the molecule is CCN(CCCN1CCOCC1)[C@@H](C(=O)O)c1ccc(OC(C)C)cc1. The van der Waals surface area contributed by atoms with Crippen LogP contribution in [0.5, 0.6) is 5.75 Å². The van der Waals surface area contributed by atoms with Crippen molar-refractivity contribution in [1.82, 2.24) is 9.80 Å². The van der Waals surface area contributed by atoms with Gasteiger partial charge in [0.2, 0.25) is 0 Å². The Kier molecular flexibility index (Phi) is 8.35. The van der Waals surface area contributed by atoms with Gasteiger partial charge in [0.15, 0.2) is 0 Å². The van der Waals surface area contributed by atoms with Crippen molar-refractivity contribution in [2.75, 3.05) is 45.9 Å². The number of carbonyl (C=O) groups is 1. The molecule has 26 heavy (non-hydrogen) atoms. The first-order valence-corrected chi connectivity index (χ1v) is 9.54. The number of benzene rings is 1. The van der Waals surface area contributed by atoms with Gasteiger partial charge in [-0.2, -0.15) is 0 Å². The minimum atomic E-state index is -0.809. The lowest BCUT2D eigenvalue weighted by Gasteiger charge is -2.30. The van der Waals surface area contributed by atoms with Gasteiger partial charge in [0.25, 0.3) is 0 Å². The molecule has 1 heterocycles. The fourth-order valence-corrected chi connectivity index (χ4v) is 3.30. The van der Waals surface area contributed by atoms with E-state index in [0.29, 0.717) is 6.54 Å². The molecular formula is C20H32N2O4. The topological polar surface area (TPSA) is 62.2 Å². The van der Waals surface area contributed by atoms with Gasteiger partial charge in [0, 0.05) is 19.6 Å². The Bertz CT molecular complexity index is 541.